The zero-order chi connectivity index (χ0) is 22.1. The Morgan fingerprint density at radius 2 is 1.94 bits per heavy atom. The summed E-state index contributed by atoms with van der Waals surface area (Å²) in [4.78, 5) is 30.3. The predicted octanol–water partition coefficient (Wildman–Crippen LogP) is 2.18. The van der Waals surface area contributed by atoms with E-state index in [0.717, 1.165) is 18.7 Å². The van der Waals surface area contributed by atoms with E-state index in [0.29, 0.717) is 12.1 Å². The average molecular weight is 422 g/mol. The molecule has 2 aliphatic heterocycles. The molecule has 0 aliphatic carbocycles. The summed E-state index contributed by atoms with van der Waals surface area (Å²) in [6, 6.07) is 13.9. The van der Waals surface area contributed by atoms with Gasteiger partial charge in [-0.1, -0.05) is 42.5 Å². The van der Waals surface area contributed by atoms with Crippen molar-refractivity contribution in [2.24, 2.45) is 11.8 Å². The molecule has 6 heteroatoms. The summed E-state index contributed by atoms with van der Waals surface area (Å²) in [5.41, 5.74) is 2.74. The molecule has 31 heavy (non-hydrogen) atoms. The predicted molar refractivity (Wildman–Crippen MR) is 122 cm³/mol. The fourth-order valence-electron chi connectivity index (χ4n) is 5.34. The molecule has 0 unspecified atom stereocenters. The van der Waals surface area contributed by atoms with Crippen LogP contribution in [0.2, 0.25) is 0 Å². The molecule has 1 amide bonds. The van der Waals surface area contributed by atoms with Crippen LogP contribution in [0.15, 0.2) is 53.3 Å². The summed E-state index contributed by atoms with van der Waals surface area (Å²) in [6.07, 6.45) is 4.54. The van der Waals surface area contributed by atoms with Gasteiger partial charge in [-0.15, -0.1) is 0 Å². The smallest absolute Gasteiger partial charge is 0.258 e. The van der Waals surface area contributed by atoms with E-state index >= 15 is 0 Å². The van der Waals surface area contributed by atoms with E-state index < -0.39 is 0 Å². The summed E-state index contributed by atoms with van der Waals surface area (Å²) < 4.78 is 1.83. The maximum atomic E-state index is 13.2. The number of aliphatic hydroxyl groups is 1. The SMILES string of the molecule is C/C=C\c1ccc2n(c1=O)C[C@@H]1[C@@H](CO)[C@H](C(=O)N(C)C)[C@H]2N1CCc1ccccc1. The minimum Gasteiger partial charge on any atom is -0.396 e. The highest BCUT2D eigenvalue weighted by Crippen LogP contribution is 2.48. The third kappa shape index (κ3) is 3.75. The summed E-state index contributed by atoms with van der Waals surface area (Å²) in [5, 5.41) is 10.3. The van der Waals surface area contributed by atoms with E-state index in [9.17, 15) is 14.7 Å². The van der Waals surface area contributed by atoms with Gasteiger partial charge in [0.2, 0.25) is 5.91 Å². The van der Waals surface area contributed by atoms with Crippen molar-refractivity contribution in [2.45, 2.75) is 32.0 Å². The van der Waals surface area contributed by atoms with Gasteiger partial charge in [0.05, 0.1) is 12.0 Å². The summed E-state index contributed by atoms with van der Waals surface area (Å²) >= 11 is 0. The molecular formula is C25H31N3O3. The largest absolute Gasteiger partial charge is 0.396 e. The zero-order valence-corrected chi connectivity index (χ0v) is 18.4. The molecule has 164 valence electrons. The molecule has 0 saturated carbocycles. The van der Waals surface area contributed by atoms with Crippen molar-refractivity contribution >= 4 is 12.0 Å². The number of amides is 1. The number of pyridine rings is 1. The first kappa shape index (κ1) is 21.5. The number of benzene rings is 1. The Hall–Kier alpha value is -2.70. The van der Waals surface area contributed by atoms with E-state index in [-0.39, 0.29) is 42.0 Å². The van der Waals surface area contributed by atoms with Gasteiger partial charge in [0.25, 0.3) is 5.56 Å². The van der Waals surface area contributed by atoms with Crippen LogP contribution >= 0.6 is 0 Å². The Labute approximate surface area is 183 Å². The van der Waals surface area contributed by atoms with Crippen molar-refractivity contribution in [2.75, 3.05) is 27.2 Å². The lowest BCUT2D eigenvalue weighted by Crippen LogP contribution is -2.47. The Kier molecular flexibility index (Phi) is 6.12. The van der Waals surface area contributed by atoms with Crippen LogP contribution in [-0.4, -0.2) is 58.7 Å². The van der Waals surface area contributed by atoms with Crippen molar-refractivity contribution in [3.63, 3.8) is 0 Å². The number of aliphatic hydroxyl groups excluding tert-OH is 1. The van der Waals surface area contributed by atoms with Crippen LogP contribution in [0.1, 0.15) is 29.8 Å². The molecule has 4 rings (SSSR count). The molecule has 0 spiro atoms. The second-order valence-electron chi connectivity index (χ2n) is 8.72. The highest BCUT2D eigenvalue weighted by atomic mass is 16.3. The molecule has 1 N–H and O–H groups in total. The van der Waals surface area contributed by atoms with Crippen LogP contribution in [0, 0.1) is 11.8 Å². The zero-order valence-electron chi connectivity index (χ0n) is 18.4. The molecule has 2 bridgehead atoms. The van der Waals surface area contributed by atoms with Crippen LogP contribution in [0.5, 0.6) is 0 Å². The van der Waals surface area contributed by atoms with Gasteiger partial charge >= 0.3 is 0 Å². The van der Waals surface area contributed by atoms with Crippen molar-refractivity contribution in [1.82, 2.24) is 14.4 Å². The maximum absolute atomic E-state index is 13.2. The lowest BCUT2D eigenvalue weighted by atomic mass is 9.86. The van der Waals surface area contributed by atoms with E-state index in [4.69, 9.17) is 0 Å². The monoisotopic (exact) mass is 421 g/mol. The Bertz CT molecular complexity index is 1030. The molecule has 2 aliphatic rings. The second-order valence-corrected chi connectivity index (χ2v) is 8.72. The number of carbonyl (C=O) groups excluding carboxylic acids is 1. The molecule has 1 fully saturated rings. The molecular weight excluding hydrogens is 390 g/mol. The van der Waals surface area contributed by atoms with Gasteiger partial charge in [-0.25, -0.2) is 0 Å². The van der Waals surface area contributed by atoms with E-state index in [1.165, 1.54) is 5.56 Å². The molecule has 1 saturated heterocycles. The van der Waals surface area contributed by atoms with Crippen LogP contribution in [-0.2, 0) is 17.8 Å². The third-order valence-electron chi connectivity index (χ3n) is 6.77. The van der Waals surface area contributed by atoms with Crippen molar-refractivity contribution in [3.8, 4) is 0 Å². The minimum atomic E-state index is -0.374. The highest BCUT2D eigenvalue weighted by Gasteiger charge is 2.55. The molecule has 2 aromatic rings. The lowest BCUT2D eigenvalue weighted by molar-refractivity contribution is -0.135. The first-order valence-electron chi connectivity index (χ1n) is 11.0. The van der Waals surface area contributed by atoms with E-state index in [1.807, 2.05) is 54.0 Å². The van der Waals surface area contributed by atoms with E-state index in [1.54, 1.807) is 19.0 Å². The first-order chi connectivity index (χ1) is 15.0. The number of carbonyl (C=O) groups is 1. The standard InChI is InChI=1S/C25H31N3O3/c1-4-8-18-11-12-20-23-22(25(31)26(2)3)19(16-29)21(15-28(20)24(18)30)27(23)14-13-17-9-6-5-7-10-17/h4-12,19,21-23,29H,13-16H2,1-3H3/b8-4-/t19-,21-,22+,23+/m1/s1. The maximum Gasteiger partial charge on any atom is 0.258 e. The number of rotatable bonds is 6. The van der Waals surface area contributed by atoms with Gasteiger partial charge in [0.1, 0.15) is 0 Å². The number of hydrogen-bond donors (Lipinski definition) is 1. The first-order valence-corrected chi connectivity index (χ1v) is 11.0. The molecule has 0 radical (unpaired) electrons. The Balaban J connectivity index is 1.78. The number of aromatic nitrogens is 1. The normalized spacial score (nSPS) is 25.0. The fourth-order valence-corrected chi connectivity index (χ4v) is 5.34. The molecule has 6 nitrogen and oxygen atoms in total. The van der Waals surface area contributed by atoms with Gasteiger partial charge in [0.15, 0.2) is 0 Å². The molecule has 1 aromatic heterocycles. The van der Waals surface area contributed by atoms with Crippen LogP contribution < -0.4 is 5.56 Å². The van der Waals surface area contributed by atoms with Crippen molar-refractivity contribution in [1.29, 1.82) is 0 Å². The third-order valence-corrected chi connectivity index (χ3v) is 6.77. The molecule has 4 atom stereocenters. The quantitative estimate of drug-likeness (QED) is 0.777. The average Bonchev–Trinajstić information content (AvgIpc) is 2.99. The summed E-state index contributed by atoms with van der Waals surface area (Å²) in [6.45, 7) is 3.09. The summed E-state index contributed by atoms with van der Waals surface area (Å²) in [5.74, 6) is -0.573. The second kappa shape index (κ2) is 8.81. The van der Waals surface area contributed by atoms with Crippen LogP contribution in [0.4, 0.5) is 0 Å². The van der Waals surface area contributed by atoms with Gasteiger partial charge in [-0.3, -0.25) is 14.5 Å². The molecule has 3 heterocycles. The highest BCUT2D eigenvalue weighted by molar-refractivity contribution is 5.80. The van der Waals surface area contributed by atoms with Crippen LogP contribution in [0.3, 0.4) is 0 Å². The number of hydrogen-bond acceptors (Lipinski definition) is 4. The van der Waals surface area contributed by atoms with Crippen molar-refractivity contribution < 1.29 is 9.90 Å². The van der Waals surface area contributed by atoms with Gasteiger partial charge in [-0.2, -0.15) is 0 Å². The topological polar surface area (TPSA) is 65.8 Å². The number of allylic oxidation sites excluding steroid dienone is 1. The Morgan fingerprint density at radius 3 is 2.58 bits per heavy atom. The van der Waals surface area contributed by atoms with Gasteiger partial charge in [0, 0.05) is 57.0 Å². The van der Waals surface area contributed by atoms with Gasteiger partial charge < -0.3 is 14.6 Å². The molecule has 1 aromatic carbocycles. The minimum absolute atomic E-state index is 0.00897. The number of fused-ring (bicyclic) bond motifs is 4. The summed E-state index contributed by atoms with van der Waals surface area (Å²) in [7, 11) is 3.52. The number of nitrogens with zero attached hydrogens (tertiary/aromatic N) is 3. The fraction of sp³-hybridized carbons (Fsp3) is 0.440. The van der Waals surface area contributed by atoms with Crippen LogP contribution in [0.25, 0.3) is 6.08 Å². The Morgan fingerprint density at radius 1 is 1.19 bits per heavy atom. The van der Waals surface area contributed by atoms with E-state index in [2.05, 4.69) is 17.0 Å². The van der Waals surface area contributed by atoms with Crippen molar-refractivity contribution in [3.05, 3.63) is 75.7 Å². The lowest BCUT2D eigenvalue weighted by Gasteiger charge is -2.38. The van der Waals surface area contributed by atoms with Gasteiger partial charge in [-0.05, 0) is 31.0 Å².